The number of unbranched alkanes of at least 4 members (excludes halogenated alkanes) is 19. The molecule has 2 aromatic carbocycles. The van der Waals surface area contributed by atoms with Crippen LogP contribution in [0.25, 0.3) is 16.9 Å². The Bertz CT molecular complexity index is 1280. The van der Waals surface area contributed by atoms with E-state index in [1.165, 1.54) is 138 Å². The molecule has 0 saturated heterocycles. The first kappa shape index (κ1) is 37.5. The molecule has 250 valence electrons. The van der Waals surface area contributed by atoms with Crippen molar-refractivity contribution in [1.29, 1.82) is 0 Å². The van der Waals surface area contributed by atoms with Crippen molar-refractivity contribution < 1.29 is 4.70 Å². The second-order valence-electron chi connectivity index (χ2n) is 13.5. The fourth-order valence-electron chi connectivity index (χ4n) is 6.56. The number of allylic oxidation sites excluding steroid dienone is 2. The van der Waals surface area contributed by atoms with E-state index in [0.29, 0.717) is 0 Å². The predicted molar refractivity (Wildman–Crippen MR) is 201 cm³/mol. The van der Waals surface area contributed by atoms with Gasteiger partial charge in [0.05, 0.1) is 0 Å². The highest BCUT2D eigenvalue weighted by Crippen LogP contribution is 2.35. The van der Waals surface area contributed by atoms with Crippen molar-refractivity contribution in [3.63, 3.8) is 0 Å². The first-order chi connectivity index (χ1) is 22.7. The molecular weight excluding hydrogens is 556 g/mol. The first-order valence-electron chi connectivity index (χ1n) is 19.3. The average Bonchev–Trinajstić information content (AvgIpc) is 3.42. The quantitative estimate of drug-likeness (QED) is 0.0634. The molecule has 2 aromatic rings. The Balaban J connectivity index is 1.39. The van der Waals surface area contributed by atoms with E-state index >= 15 is 0 Å². The summed E-state index contributed by atoms with van der Waals surface area (Å²) < 4.78 is 1.37. The Morgan fingerprint density at radius 2 is 1.07 bits per heavy atom. The highest BCUT2D eigenvalue weighted by Gasteiger charge is 2.28. The van der Waals surface area contributed by atoms with Gasteiger partial charge >= 0.3 is 0 Å². The molecule has 0 bridgehead atoms. The van der Waals surface area contributed by atoms with Crippen molar-refractivity contribution in [1.82, 2.24) is 0 Å². The van der Waals surface area contributed by atoms with Crippen LogP contribution in [0.2, 0.25) is 0 Å². The number of rotatable bonds is 24. The third-order valence-electron chi connectivity index (χ3n) is 9.50. The molecule has 0 saturated carbocycles. The molecule has 2 heteroatoms. The molecule has 0 amide bonds. The fourth-order valence-corrected chi connectivity index (χ4v) is 6.56. The van der Waals surface area contributed by atoms with Gasteiger partial charge in [-0.15, -0.1) is 0 Å². The van der Waals surface area contributed by atoms with E-state index < -0.39 is 0 Å². The summed E-state index contributed by atoms with van der Waals surface area (Å²) in [6.45, 7) is 6.69. The van der Waals surface area contributed by atoms with Gasteiger partial charge in [0.15, 0.2) is 0 Å². The second-order valence-corrected chi connectivity index (χ2v) is 13.5. The molecule has 2 nitrogen and oxygen atoms in total. The summed E-state index contributed by atoms with van der Waals surface area (Å²) in [7, 11) is 0. The summed E-state index contributed by atoms with van der Waals surface area (Å²) in [5.41, 5.74) is 18.6. The van der Waals surface area contributed by atoms with Gasteiger partial charge in [0.25, 0.3) is 0 Å². The standard InChI is InChI=1S/C44H64N2/c1-4-7-9-10-11-12-13-14-15-16-17-18-19-20-21-22-23-24-25-26-32-42-37-43(40-33-28-31-39(36-40)29-8-5-2)46(45)44(42)41-34-27-30-38(6-3)35-41/h27-28,30-31,33-37H,4-25,29H2,1-3H3. The van der Waals surface area contributed by atoms with Crippen LogP contribution in [0.1, 0.15) is 178 Å². The minimum atomic E-state index is 0.801. The van der Waals surface area contributed by atoms with Crippen molar-refractivity contribution in [2.45, 2.75) is 168 Å². The van der Waals surface area contributed by atoms with E-state index in [1.54, 1.807) is 0 Å². The van der Waals surface area contributed by atoms with E-state index in [0.717, 1.165) is 53.8 Å². The van der Waals surface area contributed by atoms with Crippen LogP contribution < -0.4 is 0 Å². The summed E-state index contributed by atoms with van der Waals surface area (Å²) in [4.78, 5) is 0. The monoisotopic (exact) mass is 621 g/mol. The Morgan fingerprint density at radius 3 is 1.63 bits per heavy atom. The molecule has 0 N–H and O–H groups in total. The van der Waals surface area contributed by atoms with Gasteiger partial charge in [0.1, 0.15) is 5.57 Å². The van der Waals surface area contributed by atoms with Crippen LogP contribution in [0.5, 0.6) is 0 Å². The SMILES string of the molecule is CCCCCCCCCCCCCCCCCCCCC#CC1=C(c2cccc(CC)c2)[N+](=[N-])C(c2cccc(CCCC)c2)=C1. The lowest BCUT2D eigenvalue weighted by atomic mass is 10.0. The number of hydrogen-bond acceptors (Lipinski definition) is 0. The van der Waals surface area contributed by atoms with Crippen LogP contribution in [0, 0.1) is 11.8 Å². The van der Waals surface area contributed by atoms with Gasteiger partial charge in [-0.1, -0.05) is 172 Å². The minimum absolute atomic E-state index is 0.801. The van der Waals surface area contributed by atoms with Crippen LogP contribution in [-0.2, 0) is 12.8 Å². The minimum Gasteiger partial charge on any atom is -0.493 e. The maximum Gasteiger partial charge on any atom is 0.223 e. The Hall–Kier alpha value is -2.92. The van der Waals surface area contributed by atoms with Gasteiger partial charge in [-0.3, -0.25) is 0 Å². The third kappa shape index (κ3) is 13.8. The van der Waals surface area contributed by atoms with Gasteiger partial charge in [0.2, 0.25) is 11.4 Å². The van der Waals surface area contributed by atoms with Gasteiger partial charge in [0, 0.05) is 23.6 Å². The van der Waals surface area contributed by atoms with Gasteiger partial charge in [-0.2, -0.15) is 0 Å². The van der Waals surface area contributed by atoms with Crippen LogP contribution in [-0.4, -0.2) is 4.70 Å². The zero-order valence-electron chi connectivity index (χ0n) is 29.9. The highest BCUT2D eigenvalue weighted by atomic mass is 15.2. The van der Waals surface area contributed by atoms with Crippen LogP contribution in [0.15, 0.2) is 60.2 Å². The average molecular weight is 621 g/mol. The number of benzene rings is 2. The molecule has 0 spiro atoms. The number of aryl methyl sites for hydroxylation is 2. The van der Waals surface area contributed by atoms with Crippen molar-refractivity contribution in [3.05, 3.63) is 88.0 Å². The summed E-state index contributed by atoms with van der Waals surface area (Å²) >= 11 is 0. The highest BCUT2D eigenvalue weighted by molar-refractivity contribution is 5.82. The fraction of sp³-hybridized carbons (Fsp3) is 0.591. The zero-order valence-corrected chi connectivity index (χ0v) is 29.9. The molecule has 0 atom stereocenters. The smallest absolute Gasteiger partial charge is 0.223 e. The van der Waals surface area contributed by atoms with Crippen molar-refractivity contribution in [2.24, 2.45) is 0 Å². The molecule has 1 heterocycles. The third-order valence-corrected chi connectivity index (χ3v) is 9.50. The molecule has 46 heavy (non-hydrogen) atoms. The van der Waals surface area contributed by atoms with Gasteiger partial charge in [-0.25, -0.2) is 4.70 Å². The summed E-state index contributed by atoms with van der Waals surface area (Å²) in [5, 5.41) is 0. The van der Waals surface area contributed by atoms with Gasteiger partial charge in [-0.05, 0) is 61.1 Å². The molecule has 3 rings (SSSR count). The second kappa shape index (κ2) is 23.4. The Labute approximate surface area is 283 Å². The Kier molecular flexibility index (Phi) is 19.1. The van der Waals surface area contributed by atoms with E-state index in [1.807, 2.05) is 0 Å². The topological polar surface area (TPSA) is 25.3 Å². The largest absolute Gasteiger partial charge is 0.493 e. The lowest BCUT2D eigenvalue weighted by molar-refractivity contribution is -0.344. The molecule has 0 unspecified atom stereocenters. The molecule has 0 aliphatic carbocycles. The lowest BCUT2D eigenvalue weighted by Gasteiger charge is -2.10. The maximum absolute atomic E-state index is 11.5. The van der Waals surface area contributed by atoms with E-state index in [-0.39, 0.29) is 0 Å². The molecule has 0 fully saturated rings. The summed E-state index contributed by atoms with van der Waals surface area (Å²) in [6.07, 6.45) is 32.4. The van der Waals surface area contributed by atoms with Crippen molar-refractivity contribution in [2.75, 3.05) is 0 Å². The van der Waals surface area contributed by atoms with E-state index in [9.17, 15) is 5.53 Å². The lowest BCUT2D eigenvalue weighted by Crippen LogP contribution is -2.03. The van der Waals surface area contributed by atoms with E-state index in [4.69, 9.17) is 0 Å². The molecule has 0 aromatic heterocycles. The van der Waals surface area contributed by atoms with Crippen LogP contribution in [0.3, 0.4) is 0 Å². The number of nitrogens with zero attached hydrogens (tertiary/aromatic N) is 2. The van der Waals surface area contributed by atoms with Crippen molar-refractivity contribution >= 4 is 11.4 Å². The normalized spacial score (nSPS) is 12.8. The molecular formula is C44H64N2. The summed E-state index contributed by atoms with van der Waals surface area (Å²) in [5.74, 6) is 6.91. The van der Waals surface area contributed by atoms with E-state index in [2.05, 4.69) is 87.2 Å². The zero-order chi connectivity index (χ0) is 32.7. The summed E-state index contributed by atoms with van der Waals surface area (Å²) in [6, 6.07) is 17.1. The Morgan fingerprint density at radius 1 is 0.565 bits per heavy atom. The van der Waals surface area contributed by atoms with Crippen LogP contribution >= 0.6 is 0 Å². The van der Waals surface area contributed by atoms with Crippen LogP contribution in [0.4, 0.5) is 0 Å². The van der Waals surface area contributed by atoms with Gasteiger partial charge < -0.3 is 5.53 Å². The predicted octanol–water partition coefficient (Wildman–Crippen LogP) is 13.8. The molecule has 1 aliphatic rings. The first-order valence-corrected chi connectivity index (χ1v) is 19.3. The molecule has 1 aliphatic heterocycles. The molecule has 0 radical (unpaired) electrons. The van der Waals surface area contributed by atoms with Crippen molar-refractivity contribution in [3.8, 4) is 11.8 Å². The maximum atomic E-state index is 11.5. The number of hydrogen-bond donors (Lipinski definition) is 0.